The number of amides is 3. The Balaban J connectivity index is 1.66. The van der Waals surface area contributed by atoms with Gasteiger partial charge in [-0.2, -0.15) is 0 Å². The molecule has 1 heterocycles. The molecule has 1 N–H and O–H groups in total. The molecule has 0 saturated heterocycles. The Hall–Kier alpha value is -2.86. The van der Waals surface area contributed by atoms with E-state index >= 15 is 0 Å². The molecule has 2 aromatic carbocycles. The number of thioether (sulfide) groups is 1. The third-order valence-corrected chi connectivity index (χ3v) is 7.13. The van der Waals surface area contributed by atoms with Crippen molar-refractivity contribution < 1.29 is 14.4 Å². The fourth-order valence-electron chi connectivity index (χ4n) is 4.42. The molecule has 0 bridgehead atoms. The number of benzene rings is 2. The number of nitrogens with zero attached hydrogens (tertiary/aromatic N) is 1. The molecular weight excluding hydrogens is 420 g/mol. The number of carbonyl (C=O) groups excluding carboxylic acids is 3. The van der Waals surface area contributed by atoms with Gasteiger partial charge in [-0.3, -0.25) is 19.3 Å². The minimum absolute atomic E-state index is 0.0269. The van der Waals surface area contributed by atoms with E-state index in [1.165, 1.54) is 23.6 Å². The van der Waals surface area contributed by atoms with Crippen LogP contribution in [0.3, 0.4) is 0 Å². The summed E-state index contributed by atoms with van der Waals surface area (Å²) in [6.45, 7) is 1.46. The first-order valence-corrected chi connectivity index (χ1v) is 12.2. The maximum atomic E-state index is 13.6. The number of hydrogen-bond acceptors (Lipinski definition) is 4. The van der Waals surface area contributed by atoms with Crippen LogP contribution in [-0.2, 0) is 20.1 Å². The van der Waals surface area contributed by atoms with E-state index in [0.29, 0.717) is 27.5 Å². The molecule has 0 unspecified atom stereocenters. The summed E-state index contributed by atoms with van der Waals surface area (Å²) in [5.41, 5.74) is 2.97. The molecule has 32 heavy (non-hydrogen) atoms. The van der Waals surface area contributed by atoms with Crippen molar-refractivity contribution in [2.45, 2.75) is 57.2 Å². The number of anilines is 1. The molecule has 0 atom stereocenters. The zero-order valence-corrected chi connectivity index (χ0v) is 19.1. The van der Waals surface area contributed by atoms with Crippen molar-refractivity contribution in [1.29, 1.82) is 0 Å². The number of nitrogens with one attached hydrogen (secondary N) is 1. The lowest BCUT2D eigenvalue weighted by Crippen LogP contribution is -2.40. The second-order valence-corrected chi connectivity index (χ2v) is 9.35. The van der Waals surface area contributed by atoms with Crippen LogP contribution >= 0.6 is 11.8 Å². The zero-order chi connectivity index (χ0) is 22.5. The van der Waals surface area contributed by atoms with Gasteiger partial charge in [0.25, 0.3) is 11.8 Å². The molecule has 3 amide bonds. The highest BCUT2D eigenvalue weighted by atomic mass is 32.2. The van der Waals surface area contributed by atoms with E-state index in [9.17, 15) is 14.4 Å². The quantitative estimate of drug-likeness (QED) is 0.476. The van der Waals surface area contributed by atoms with Gasteiger partial charge in [-0.05, 0) is 36.1 Å². The first-order chi connectivity index (χ1) is 15.5. The first-order valence-electron chi connectivity index (χ1n) is 11.2. The normalized spacial score (nSPS) is 17.6. The molecule has 1 aliphatic carbocycles. The van der Waals surface area contributed by atoms with Crippen LogP contribution in [0.15, 0.2) is 59.5 Å². The molecule has 0 spiro atoms. The Bertz CT molecular complexity index is 1020. The van der Waals surface area contributed by atoms with Gasteiger partial charge in [0.05, 0.1) is 10.5 Å². The van der Waals surface area contributed by atoms with Crippen LogP contribution in [0.25, 0.3) is 5.57 Å². The molecule has 166 valence electrons. The van der Waals surface area contributed by atoms with Crippen LogP contribution in [0.2, 0.25) is 0 Å². The SMILES string of the molecule is CC(=O)Nc1ccc(C2=C(SCc3ccccc3)C(=O)N(C3CCCCCC3)C2=O)cc1. The van der Waals surface area contributed by atoms with Crippen LogP contribution in [0, 0.1) is 0 Å². The second-order valence-electron chi connectivity index (χ2n) is 8.36. The highest BCUT2D eigenvalue weighted by Gasteiger charge is 2.42. The van der Waals surface area contributed by atoms with Crippen molar-refractivity contribution in [2.75, 3.05) is 5.32 Å². The summed E-state index contributed by atoms with van der Waals surface area (Å²) in [7, 11) is 0. The molecule has 0 radical (unpaired) electrons. The molecular formula is C26H28N2O3S. The van der Waals surface area contributed by atoms with Crippen molar-refractivity contribution in [3.8, 4) is 0 Å². The van der Waals surface area contributed by atoms with Crippen LogP contribution in [0.5, 0.6) is 0 Å². The smallest absolute Gasteiger partial charge is 0.268 e. The summed E-state index contributed by atoms with van der Waals surface area (Å²) in [5, 5.41) is 2.75. The predicted molar refractivity (Wildman–Crippen MR) is 129 cm³/mol. The second kappa shape index (κ2) is 10.2. The van der Waals surface area contributed by atoms with Crippen molar-refractivity contribution in [3.63, 3.8) is 0 Å². The van der Waals surface area contributed by atoms with Gasteiger partial charge in [-0.1, -0.05) is 68.1 Å². The van der Waals surface area contributed by atoms with E-state index in [4.69, 9.17) is 0 Å². The number of carbonyl (C=O) groups is 3. The van der Waals surface area contributed by atoms with E-state index in [2.05, 4.69) is 5.32 Å². The van der Waals surface area contributed by atoms with E-state index < -0.39 is 0 Å². The maximum absolute atomic E-state index is 13.6. The molecule has 5 nitrogen and oxygen atoms in total. The van der Waals surface area contributed by atoms with E-state index in [-0.39, 0.29) is 23.8 Å². The van der Waals surface area contributed by atoms with Gasteiger partial charge in [-0.25, -0.2) is 0 Å². The molecule has 1 saturated carbocycles. The van der Waals surface area contributed by atoms with Gasteiger partial charge in [0.1, 0.15) is 0 Å². The summed E-state index contributed by atoms with van der Waals surface area (Å²) in [6, 6.07) is 17.1. The number of hydrogen-bond donors (Lipinski definition) is 1. The fourth-order valence-corrected chi connectivity index (χ4v) is 5.49. The highest BCUT2D eigenvalue weighted by molar-refractivity contribution is 8.03. The Morgan fingerprint density at radius 1 is 0.938 bits per heavy atom. The molecule has 1 fully saturated rings. The number of imide groups is 1. The summed E-state index contributed by atoms with van der Waals surface area (Å²) in [4.78, 5) is 40.5. The molecule has 6 heteroatoms. The monoisotopic (exact) mass is 448 g/mol. The lowest BCUT2D eigenvalue weighted by molar-refractivity contribution is -0.139. The van der Waals surface area contributed by atoms with Gasteiger partial charge >= 0.3 is 0 Å². The minimum Gasteiger partial charge on any atom is -0.326 e. The molecule has 4 rings (SSSR count). The standard InChI is InChI=1S/C26H28N2O3S/c1-18(29)27-21-15-13-20(14-16-21)23-24(32-17-19-9-5-4-6-10-19)26(31)28(25(23)30)22-11-7-2-3-8-12-22/h4-6,9-10,13-16,22H,2-3,7-8,11-12,17H2,1H3,(H,27,29). The summed E-state index contributed by atoms with van der Waals surface area (Å²) < 4.78 is 0. The topological polar surface area (TPSA) is 66.5 Å². The van der Waals surface area contributed by atoms with Crippen LogP contribution < -0.4 is 5.32 Å². The van der Waals surface area contributed by atoms with Gasteiger partial charge < -0.3 is 5.32 Å². The summed E-state index contributed by atoms with van der Waals surface area (Å²) >= 11 is 1.44. The molecule has 0 aromatic heterocycles. The van der Waals surface area contributed by atoms with Crippen LogP contribution in [-0.4, -0.2) is 28.7 Å². The van der Waals surface area contributed by atoms with Gasteiger partial charge in [0.2, 0.25) is 5.91 Å². The summed E-state index contributed by atoms with van der Waals surface area (Å²) in [5.74, 6) is 0.123. The van der Waals surface area contributed by atoms with Gasteiger partial charge in [-0.15, -0.1) is 11.8 Å². The van der Waals surface area contributed by atoms with Crippen LogP contribution in [0.4, 0.5) is 5.69 Å². The molecule has 1 aliphatic heterocycles. The first kappa shape index (κ1) is 22.3. The molecule has 2 aliphatic rings. The Kier molecular flexibility index (Phi) is 7.10. The minimum atomic E-state index is -0.190. The van der Waals surface area contributed by atoms with Crippen molar-refractivity contribution in [3.05, 3.63) is 70.6 Å². The van der Waals surface area contributed by atoms with Crippen LogP contribution in [0.1, 0.15) is 56.6 Å². The molecule has 2 aromatic rings. The Morgan fingerprint density at radius 3 is 2.22 bits per heavy atom. The van der Waals surface area contributed by atoms with Gasteiger partial charge in [0.15, 0.2) is 0 Å². The van der Waals surface area contributed by atoms with E-state index in [0.717, 1.165) is 44.1 Å². The van der Waals surface area contributed by atoms with Crippen molar-refractivity contribution in [2.24, 2.45) is 0 Å². The fraction of sp³-hybridized carbons (Fsp3) is 0.346. The van der Waals surface area contributed by atoms with Crippen molar-refractivity contribution >= 4 is 40.7 Å². The Labute approximate surface area is 193 Å². The van der Waals surface area contributed by atoms with E-state index in [1.54, 1.807) is 12.1 Å². The highest BCUT2D eigenvalue weighted by Crippen LogP contribution is 2.40. The average molecular weight is 449 g/mol. The third-order valence-electron chi connectivity index (χ3n) is 5.98. The van der Waals surface area contributed by atoms with Crippen molar-refractivity contribution in [1.82, 2.24) is 4.90 Å². The summed E-state index contributed by atoms with van der Waals surface area (Å²) in [6.07, 6.45) is 6.18. The predicted octanol–water partition coefficient (Wildman–Crippen LogP) is 5.38. The van der Waals surface area contributed by atoms with E-state index in [1.807, 2.05) is 42.5 Å². The lowest BCUT2D eigenvalue weighted by atomic mass is 10.0. The number of rotatable bonds is 6. The largest absolute Gasteiger partial charge is 0.326 e. The Morgan fingerprint density at radius 2 is 1.59 bits per heavy atom. The van der Waals surface area contributed by atoms with Gasteiger partial charge in [0, 0.05) is 24.4 Å². The maximum Gasteiger partial charge on any atom is 0.268 e. The third kappa shape index (κ3) is 4.96. The zero-order valence-electron chi connectivity index (χ0n) is 18.3. The lowest BCUT2D eigenvalue weighted by Gasteiger charge is -2.25. The average Bonchev–Trinajstić information content (AvgIpc) is 2.95.